The Morgan fingerprint density at radius 1 is 0.938 bits per heavy atom. The van der Waals surface area contributed by atoms with E-state index >= 15 is 0 Å². The molecule has 1 fully saturated rings. The Morgan fingerprint density at radius 2 is 1.56 bits per heavy atom. The third kappa shape index (κ3) is 5.92. The summed E-state index contributed by atoms with van der Waals surface area (Å²) < 4.78 is 1.38. The van der Waals surface area contributed by atoms with Crippen LogP contribution in [0.5, 0.6) is 0 Å². The Balaban J connectivity index is 0.00000225. The van der Waals surface area contributed by atoms with Crippen molar-refractivity contribution in [2.24, 2.45) is 0 Å². The molecule has 0 aromatic carbocycles. The number of likely N-dealkylation sites (tertiary alicyclic amines) is 1. The van der Waals surface area contributed by atoms with Crippen molar-refractivity contribution in [3.05, 3.63) is 0 Å². The highest BCUT2D eigenvalue weighted by Crippen LogP contribution is 2.21. The van der Waals surface area contributed by atoms with Crippen molar-refractivity contribution >= 4 is 12.6 Å². The lowest BCUT2D eigenvalue weighted by atomic mass is 10.1. The maximum Gasteiger partial charge on any atom is 0.0876 e. The van der Waals surface area contributed by atoms with Crippen molar-refractivity contribution < 1.29 is 21.5 Å². The molecule has 1 heterocycles. The fraction of sp³-hybridized carbons (Fsp3) is 1.00. The second kappa shape index (κ2) is 9.78. The molecule has 1 aliphatic heterocycles. The van der Waals surface area contributed by atoms with Crippen LogP contribution >= 0.6 is 12.6 Å². The van der Waals surface area contributed by atoms with E-state index in [1.54, 1.807) is 0 Å². The Hall–Kier alpha value is 0.790. The molecule has 0 N–H and O–H groups in total. The molecule has 0 atom stereocenters. The van der Waals surface area contributed by atoms with E-state index in [1.165, 1.54) is 75.6 Å². The van der Waals surface area contributed by atoms with Crippen LogP contribution in [-0.4, -0.2) is 36.4 Å². The highest BCUT2D eigenvalue weighted by Gasteiger charge is 2.30. The standard InChI is InChI=1S/C13H27NS.BrH/c1-2-3-4-5-6-9-14(12-13-15)10-7-8-11-14;/h2-13H2,1H3;1H. The summed E-state index contributed by atoms with van der Waals surface area (Å²) in [7, 11) is 0. The molecule has 0 unspecified atom stereocenters. The van der Waals surface area contributed by atoms with E-state index in [0.717, 1.165) is 5.75 Å². The number of quaternary nitrogens is 1. The molecule has 0 aromatic heterocycles. The van der Waals surface area contributed by atoms with Crippen LogP contribution < -0.4 is 17.0 Å². The first-order chi connectivity index (χ1) is 7.33. The van der Waals surface area contributed by atoms with E-state index in [1.807, 2.05) is 0 Å². The molecule has 1 saturated heterocycles. The van der Waals surface area contributed by atoms with Crippen LogP contribution in [0.4, 0.5) is 0 Å². The van der Waals surface area contributed by atoms with Gasteiger partial charge in [0.25, 0.3) is 0 Å². The molecule has 1 nitrogen and oxygen atoms in total. The van der Waals surface area contributed by atoms with Crippen LogP contribution in [0.2, 0.25) is 0 Å². The minimum atomic E-state index is 0. The molecule has 3 heteroatoms. The third-order valence-electron chi connectivity index (χ3n) is 3.83. The van der Waals surface area contributed by atoms with E-state index in [-0.39, 0.29) is 17.0 Å². The van der Waals surface area contributed by atoms with E-state index in [2.05, 4.69) is 19.6 Å². The highest BCUT2D eigenvalue weighted by atomic mass is 79.9. The predicted molar refractivity (Wildman–Crippen MR) is 71.6 cm³/mol. The van der Waals surface area contributed by atoms with Crippen LogP contribution in [-0.2, 0) is 0 Å². The number of nitrogens with zero attached hydrogens (tertiary/aromatic N) is 1. The van der Waals surface area contributed by atoms with Crippen molar-refractivity contribution in [3.8, 4) is 0 Å². The van der Waals surface area contributed by atoms with Gasteiger partial charge in [-0.25, -0.2) is 0 Å². The van der Waals surface area contributed by atoms with Gasteiger partial charge in [-0.3, -0.25) is 0 Å². The van der Waals surface area contributed by atoms with Gasteiger partial charge in [-0.05, 0) is 12.8 Å². The Labute approximate surface area is 118 Å². The van der Waals surface area contributed by atoms with Crippen molar-refractivity contribution in [3.63, 3.8) is 0 Å². The lowest BCUT2D eigenvalue weighted by Gasteiger charge is -2.34. The molecule has 0 spiro atoms. The number of thiol groups is 1. The van der Waals surface area contributed by atoms with Crippen LogP contribution in [0.1, 0.15) is 51.9 Å². The number of halogens is 1. The summed E-state index contributed by atoms with van der Waals surface area (Å²) in [5.41, 5.74) is 0. The number of hydrogen-bond acceptors (Lipinski definition) is 1. The average molecular weight is 310 g/mol. The van der Waals surface area contributed by atoms with Crippen molar-refractivity contribution in [2.75, 3.05) is 31.9 Å². The van der Waals surface area contributed by atoms with Crippen molar-refractivity contribution in [1.82, 2.24) is 0 Å². The van der Waals surface area contributed by atoms with E-state index in [4.69, 9.17) is 0 Å². The number of unbranched alkanes of at least 4 members (excludes halogenated alkanes) is 4. The molecule has 0 aliphatic carbocycles. The van der Waals surface area contributed by atoms with Gasteiger partial charge >= 0.3 is 0 Å². The molecule has 1 aliphatic rings. The first kappa shape index (κ1) is 16.8. The average Bonchev–Trinajstić information content (AvgIpc) is 2.67. The second-order valence-corrected chi connectivity index (χ2v) is 5.53. The van der Waals surface area contributed by atoms with Gasteiger partial charge in [-0.2, -0.15) is 12.6 Å². The topological polar surface area (TPSA) is 0 Å². The van der Waals surface area contributed by atoms with Crippen LogP contribution in [0.15, 0.2) is 0 Å². The first-order valence-corrected chi connectivity index (χ1v) is 7.42. The smallest absolute Gasteiger partial charge is 0.0876 e. The molecule has 0 amide bonds. The molecule has 16 heavy (non-hydrogen) atoms. The summed E-state index contributed by atoms with van der Waals surface area (Å²) in [6.45, 7) is 7.86. The molecule has 0 aromatic rings. The molecule has 0 bridgehead atoms. The quantitative estimate of drug-likeness (QED) is 0.377. The van der Waals surface area contributed by atoms with Gasteiger partial charge in [0.05, 0.1) is 26.2 Å². The fourth-order valence-corrected chi connectivity index (χ4v) is 3.25. The maximum absolute atomic E-state index is 4.41. The van der Waals surface area contributed by atoms with Gasteiger partial charge in [-0.15, -0.1) is 0 Å². The van der Waals surface area contributed by atoms with Gasteiger partial charge in [0.1, 0.15) is 0 Å². The highest BCUT2D eigenvalue weighted by molar-refractivity contribution is 7.80. The Bertz CT molecular complexity index is 158. The molecule has 0 saturated carbocycles. The zero-order chi connectivity index (χ0) is 11.0. The molecule has 0 radical (unpaired) electrons. The van der Waals surface area contributed by atoms with Gasteiger partial charge in [0.15, 0.2) is 0 Å². The number of hydrogen-bond donors (Lipinski definition) is 1. The van der Waals surface area contributed by atoms with Crippen LogP contribution in [0.3, 0.4) is 0 Å². The minimum Gasteiger partial charge on any atom is -1.00 e. The lowest BCUT2D eigenvalue weighted by Crippen LogP contribution is -3.00. The number of rotatable bonds is 8. The Morgan fingerprint density at radius 3 is 2.12 bits per heavy atom. The normalized spacial score (nSPS) is 18.4. The summed E-state index contributed by atoms with van der Waals surface area (Å²) >= 11 is 4.41. The Kier molecular flexibility index (Phi) is 10.3. The molecular formula is C13H28BrNS. The van der Waals surface area contributed by atoms with Gasteiger partial charge in [0.2, 0.25) is 0 Å². The lowest BCUT2D eigenvalue weighted by molar-refractivity contribution is -0.914. The molecule has 98 valence electrons. The first-order valence-electron chi connectivity index (χ1n) is 6.79. The second-order valence-electron chi connectivity index (χ2n) is 5.08. The fourth-order valence-electron chi connectivity index (χ4n) is 2.83. The van der Waals surface area contributed by atoms with Crippen molar-refractivity contribution in [2.45, 2.75) is 51.9 Å². The summed E-state index contributed by atoms with van der Waals surface area (Å²) in [5.74, 6) is 1.06. The maximum atomic E-state index is 4.41. The molecular weight excluding hydrogens is 282 g/mol. The summed E-state index contributed by atoms with van der Waals surface area (Å²) in [6.07, 6.45) is 10.0. The SMILES string of the molecule is CCCCCCC[N+]1(CCS)CCCC1.[Br-]. The summed E-state index contributed by atoms with van der Waals surface area (Å²) in [4.78, 5) is 0. The van der Waals surface area contributed by atoms with Crippen LogP contribution in [0, 0.1) is 0 Å². The largest absolute Gasteiger partial charge is 1.00 e. The zero-order valence-electron chi connectivity index (χ0n) is 10.8. The molecule has 1 rings (SSSR count). The van der Waals surface area contributed by atoms with Crippen LogP contribution in [0.25, 0.3) is 0 Å². The van der Waals surface area contributed by atoms with E-state index < -0.39 is 0 Å². The summed E-state index contributed by atoms with van der Waals surface area (Å²) in [5, 5.41) is 0. The monoisotopic (exact) mass is 309 g/mol. The third-order valence-corrected chi connectivity index (χ3v) is 4.03. The summed E-state index contributed by atoms with van der Waals surface area (Å²) in [6, 6.07) is 0. The van der Waals surface area contributed by atoms with E-state index in [0.29, 0.717) is 0 Å². The minimum absolute atomic E-state index is 0. The van der Waals surface area contributed by atoms with Gasteiger partial charge in [0, 0.05) is 18.6 Å². The van der Waals surface area contributed by atoms with Gasteiger partial charge < -0.3 is 21.5 Å². The van der Waals surface area contributed by atoms with Gasteiger partial charge in [-0.1, -0.05) is 26.2 Å². The zero-order valence-corrected chi connectivity index (χ0v) is 13.2. The predicted octanol–water partition coefficient (Wildman–Crippen LogP) is 0.501. The van der Waals surface area contributed by atoms with Crippen molar-refractivity contribution in [1.29, 1.82) is 0 Å². The van der Waals surface area contributed by atoms with E-state index in [9.17, 15) is 0 Å².